The van der Waals surface area contributed by atoms with Crippen LogP contribution in [0.3, 0.4) is 0 Å². The minimum Gasteiger partial charge on any atom is -0.378 e. The van der Waals surface area contributed by atoms with Gasteiger partial charge < -0.3 is 20.3 Å². The highest BCUT2D eigenvalue weighted by Gasteiger charge is 2.18. The number of halogens is 1. The van der Waals surface area contributed by atoms with Crippen LogP contribution in [0.5, 0.6) is 0 Å². The molecular weight excluding hydrogens is 465 g/mol. The van der Waals surface area contributed by atoms with E-state index >= 15 is 0 Å². The van der Waals surface area contributed by atoms with E-state index in [1.165, 1.54) is 29.2 Å². The second-order valence-corrected chi connectivity index (χ2v) is 9.87. The number of morpholine rings is 1. The third-order valence-corrected chi connectivity index (χ3v) is 5.59. The first kappa shape index (κ1) is 25.2. The first-order valence-corrected chi connectivity index (χ1v) is 11.7. The van der Waals surface area contributed by atoms with Crippen LogP contribution in [0.15, 0.2) is 36.7 Å². The molecule has 0 atom stereocenters. The molecule has 2 amide bonds. The number of aryl methyl sites for hydroxylation is 1. The van der Waals surface area contributed by atoms with Crippen LogP contribution in [-0.4, -0.2) is 64.6 Å². The Labute approximate surface area is 208 Å². The largest absolute Gasteiger partial charge is 0.378 e. The average molecular weight is 496 g/mol. The van der Waals surface area contributed by atoms with Gasteiger partial charge in [0.1, 0.15) is 5.82 Å². The number of ether oxygens (including phenoxy) is 1. The number of carbonyl (C=O) groups excluding carboxylic acids is 2. The first-order valence-electron chi connectivity index (χ1n) is 11.7. The Hall–Kier alpha value is -3.86. The maximum absolute atomic E-state index is 14.3. The lowest BCUT2D eigenvalue weighted by atomic mass is 9.97. The van der Waals surface area contributed by atoms with E-state index in [2.05, 4.69) is 25.9 Å². The monoisotopic (exact) mass is 495 g/mol. The van der Waals surface area contributed by atoms with Gasteiger partial charge in [0.25, 0.3) is 11.8 Å². The smallest absolute Gasteiger partial charge is 0.273 e. The molecule has 0 radical (unpaired) electrons. The minimum atomic E-state index is -0.494. The Kier molecular flexibility index (Phi) is 7.30. The maximum Gasteiger partial charge on any atom is 0.273 e. The van der Waals surface area contributed by atoms with Gasteiger partial charge in [0.05, 0.1) is 42.7 Å². The predicted octanol–water partition coefficient (Wildman–Crippen LogP) is 2.97. The zero-order valence-electron chi connectivity index (χ0n) is 20.8. The van der Waals surface area contributed by atoms with Crippen molar-refractivity contribution in [1.29, 1.82) is 0 Å². The van der Waals surface area contributed by atoms with Crippen molar-refractivity contribution < 1.29 is 18.7 Å². The highest BCUT2D eigenvalue weighted by Crippen LogP contribution is 2.22. The summed E-state index contributed by atoms with van der Waals surface area (Å²) in [5.41, 5.74) is 2.49. The standard InChI is InChI=1S/C25H30FN7O3/c1-16-22(33-14-21(30-31-33)24(35)28-15-25(2,3)4)12-19(13-27-16)29-23(34)17-9-18(26)11-20(10-17)32-5-7-36-8-6-32/h9-14H,5-8,15H2,1-4H3,(H,28,35)(H,29,34). The molecule has 1 aliphatic rings. The van der Waals surface area contributed by atoms with Crippen LogP contribution in [0.1, 0.15) is 47.3 Å². The number of benzene rings is 1. The van der Waals surface area contributed by atoms with Crippen molar-refractivity contribution >= 4 is 23.2 Å². The quantitative estimate of drug-likeness (QED) is 0.540. The van der Waals surface area contributed by atoms with E-state index in [-0.39, 0.29) is 22.6 Å². The number of anilines is 2. The van der Waals surface area contributed by atoms with Crippen molar-refractivity contribution in [2.24, 2.45) is 5.41 Å². The van der Waals surface area contributed by atoms with Crippen LogP contribution >= 0.6 is 0 Å². The lowest BCUT2D eigenvalue weighted by molar-refractivity contribution is 0.0933. The number of nitrogens with zero attached hydrogens (tertiary/aromatic N) is 5. The molecule has 0 unspecified atom stereocenters. The highest BCUT2D eigenvalue weighted by molar-refractivity contribution is 6.05. The summed E-state index contributed by atoms with van der Waals surface area (Å²) in [4.78, 5) is 31.7. The second-order valence-electron chi connectivity index (χ2n) is 9.87. The van der Waals surface area contributed by atoms with Crippen LogP contribution in [0.2, 0.25) is 0 Å². The van der Waals surface area contributed by atoms with E-state index in [1.54, 1.807) is 19.1 Å². The number of pyridine rings is 1. The third kappa shape index (κ3) is 6.22. The van der Waals surface area contributed by atoms with E-state index in [0.29, 0.717) is 55.6 Å². The fourth-order valence-corrected chi connectivity index (χ4v) is 3.66. The van der Waals surface area contributed by atoms with Gasteiger partial charge in [-0.15, -0.1) is 5.10 Å². The second kappa shape index (κ2) is 10.4. The van der Waals surface area contributed by atoms with Gasteiger partial charge in [-0.25, -0.2) is 9.07 Å². The van der Waals surface area contributed by atoms with Gasteiger partial charge in [-0.05, 0) is 36.6 Å². The van der Waals surface area contributed by atoms with Gasteiger partial charge in [0.2, 0.25) is 0 Å². The highest BCUT2D eigenvalue weighted by atomic mass is 19.1. The molecule has 0 aliphatic carbocycles. The van der Waals surface area contributed by atoms with Gasteiger partial charge in [0, 0.05) is 30.9 Å². The molecule has 10 nitrogen and oxygen atoms in total. The molecule has 1 aromatic carbocycles. The molecule has 3 aromatic rings. The number of nitrogens with one attached hydrogen (secondary N) is 2. The fourth-order valence-electron chi connectivity index (χ4n) is 3.66. The molecule has 0 saturated carbocycles. The van der Waals surface area contributed by atoms with Crippen molar-refractivity contribution in [3.63, 3.8) is 0 Å². The Morgan fingerprint density at radius 2 is 1.86 bits per heavy atom. The van der Waals surface area contributed by atoms with E-state index in [4.69, 9.17) is 4.74 Å². The SMILES string of the molecule is Cc1ncc(NC(=O)c2cc(F)cc(N3CCOCC3)c2)cc1-n1cc(C(=O)NCC(C)(C)C)nn1. The van der Waals surface area contributed by atoms with Crippen molar-refractivity contribution in [3.8, 4) is 5.69 Å². The molecule has 1 fully saturated rings. The number of aromatic nitrogens is 4. The van der Waals surface area contributed by atoms with Crippen LogP contribution in [0.25, 0.3) is 5.69 Å². The van der Waals surface area contributed by atoms with Gasteiger partial charge in [-0.2, -0.15) is 0 Å². The average Bonchev–Trinajstić information content (AvgIpc) is 3.33. The number of amides is 2. The third-order valence-electron chi connectivity index (χ3n) is 5.59. The molecule has 3 heterocycles. The summed E-state index contributed by atoms with van der Waals surface area (Å²) < 4.78 is 21.1. The minimum absolute atomic E-state index is 0.0661. The molecule has 190 valence electrons. The summed E-state index contributed by atoms with van der Waals surface area (Å²) >= 11 is 0. The normalized spacial score (nSPS) is 14.0. The molecule has 2 aromatic heterocycles. The molecule has 36 heavy (non-hydrogen) atoms. The van der Waals surface area contributed by atoms with Crippen LogP contribution < -0.4 is 15.5 Å². The van der Waals surface area contributed by atoms with Crippen molar-refractivity contribution in [1.82, 2.24) is 25.3 Å². The van der Waals surface area contributed by atoms with Crippen molar-refractivity contribution in [2.45, 2.75) is 27.7 Å². The van der Waals surface area contributed by atoms with Crippen LogP contribution in [0, 0.1) is 18.2 Å². The maximum atomic E-state index is 14.3. The lowest BCUT2D eigenvalue weighted by Crippen LogP contribution is -2.36. The molecule has 0 spiro atoms. The summed E-state index contributed by atoms with van der Waals surface area (Å²) in [6.07, 6.45) is 3.02. The Balaban J connectivity index is 1.50. The van der Waals surface area contributed by atoms with E-state index < -0.39 is 11.7 Å². The summed E-state index contributed by atoms with van der Waals surface area (Å²) in [6.45, 7) is 10.7. The lowest BCUT2D eigenvalue weighted by Gasteiger charge is -2.29. The van der Waals surface area contributed by atoms with E-state index in [0.717, 1.165) is 0 Å². The van der Waals surface area contributed by atoms with Crippen LogP contribution in [0.4, 0.5) is 15.8 Å². The van der Waals surface area contributed by atoms with Crippen LogP contribution in [-0.2, 0) is 4.74 Å². The summed E-state index contributed by atoms with van der Waals surface area (Å²) in [5.74, 6) is -1.29. The van der Waals surface area contributed by atoms with Gasteiger partial charge in [-0.3, -0.25) is 14.6 Å². The zero-order chi connectivity index (χ0) is 25.9. The fraction of sp³-hybridized carbons (Fsp3) is 0.400. The number of hydrogen-bond donors (Lipinski definition) is 2. The molecule has 1 aliphatic heterocycles. The van der Waals surface area contributed by atoms with E-state index in [1.807, 2.05) is 25.7 Å². The number of hydrogen-bond acceptors (Lipinski definition) is 7. The summed E-state index contributed by atoms with van der Waals surface area (Å²) in [5, 5.41) is 13.6. The molecule has 11 heteroatoms. The molecule has 1 saturated heterocycles. The molecule has 2 N–H and O–H groups in total. The molecule has 4 rings (SSSR count). The summed E-state index contributed by atoms with van der Waals surface area (Å²) in [7, 11) is 0. The first-order chi connectivity index (χ1) is 17.1. The van der Waals surface area contributed by atoms with Gasteiger partial charge >= 0.3 is 0 Å². The Bertz CT molecular complexity index is 1260. The number of carbonyl (C=O) groups is 2. The van der Waals surface area contributed by atoms with Gasteiger partial charge in [0.15, 0.2) is 5.69 Å². The molecule has 0 bridgehead atoms. The summed E-state index contributed by atoms with van der Waals surface area (Å²) in [6, 6.07) is 5.94. The van der Waals surface area contributed by atoms with Crippen molar-refractivity contribution in [3.05, 3.63) is 59.4 Å². The number of rotatable bonds is 6. The Morgan fingerprint density at radius 1 is 1.11 bits per heavy atom. The van der Waals surface area contributed by atoms with Gasteiger partial charge in [-0.1, -0.05) is 26.0 Å². The van der Waals surface area contributed by atoms with Crippen molar-refractivity contribution in [2.75, 3.05) is 43.1 Å². The predicted molar refractivity (Wildman–Crippen MR) is 133 cm³/mol. The van der Waals surface area contributed by atoms with E-state index in [9.17, 15) is 14.0 Å². The zero-order valence-corrected chi connectivity index (χ0v) is 20.8. The molecular formula is C25H30FN7O3. The topological polar surface area (TPSA) is 114 Å². The Morgan fingerprint density at radius 3 is 2.58 bits per heavy atom.